The van der Waals surface area contributed by atoms with Crippen LogP contribution in [0.15, 0.2) is 30.3 Å². The monoisotopic (exact) mass is 313 g/mol. The molecule has 1 aliphatic rings. The number of para-hydroxylation sites is 1. The van der Waals surface area contributed by atoms with Gasteiger partial charge in [0.1, 0.15) is 0 Å². The van der Waals surface area contributed by atoms with Crippen LogP contribution >= 0.6 is 0 Å². The van der Waals surface area contributed by atoms with E-state index in [2.05, 4.69) is 25.8 Å². The fraction of sp³-hybridized carbons (Fsp3) is 0.412. The molecule has 0 aliphatic carbocycles. The van der Waals surface area contributed by atoms with Crippen molar-refractivity contribution < 1.29 is 4.79 Å². The van der Waals surface area contributed by atoms with Gasteiger partial charge in [0.25, 0.3) is 0 Å². The summed E-state index contributed by atoms with van der Waals surface area (Å²) < 4.78 is 0. The summed E-state index contributed by atoms with van der Waals surface area (Å²) >= 11 is 0. The molecule has 1 aliphatic heterocycles. The third kappa shape index (κ3) is 4.18. The van der Waals surface area contributed by atoms with Crippen LogP contribution in [0.25, 0.3) is 10.9 Å². The number of carbonyl (C=O) groups is 1. The van der Waals surface area contributed by atoms with Crippen LogP contribution in [-0.4, -0.2) is 55.2 Å². The Hall–Kier alpha value is -2.18. The van der Waals surface area contributed by atoms with E-state index >= 15 is 0 Å². The molecule has 3 N–H and O–H groups in total. The number of anilines is 1. The zero-order valence-electron chi connectivity index (χ0n) is 13.4. The van der Waals surface area contributed by atoms with Crippen molar-refractivity contribution in [3.05, 3.63) is 36.0 Å². The highest BCUT2D eigenvalue weighted by Crippen LogP contribution is 2.22. The van der Waals surface area contributed by atoms with Crippen LogP contribution in [0.5, 0.6) is 0 Å². The molecule has 6 heteroatoms. The Morgan fingerprint density at radius 3 is 2.91 bits per heavy atom. The van der Waals surface area contributed by atoms with Crippen LogP contribution in [0.3, 0.4) is 0 Å². The summed E-state index contributed by atoms with van der Waals surface area (Å²) in [6.45, 7) is 7.58. The summed E-state index contributed by atoms with van der Waals surface area (Å²) in [5.41, 5.74) is 2.58. The zero-order valence-corrected chi connectivity index (χ0v) is 13.4. The zero-order chi connectivity index (χ0) is 16.1. The normalized spacial score (nSPS) is 15.5. The maximum absolute atomic E-state index is 12.1. The van der Waals surface area contributed by atoms with Gasteiger partial charge < -0.3 is 16.0 Å². The maximum atomic E-state index is 12.1. The molecule has 0 atom stereocenters. The number of urea groups is 1. The molecular weight excluding hydrogens is 290 g/mol. The summed E-state index contributed by atoms with van der Waals surface area (Å²) in [5.74, 6) is 0. The number of nitrogens with one attached hydrogen (secondary N) is 3. The lowest BCUT2D eigenvalue weighted by molar-refractivity contribution is 0.233. The minimum Gasteiger partial charge on any atom is -0.337 e. The van der Waals surface area contributed by atoms with Crippen LogP contribution in [0.4, 0.5) is 10.5 Å². The first-order valence-electron chi connectivity index (χ1n) is 8.07. The van der Waals surface area contributed by atoms with E-state index in [1.807, 2.05) is 37.3 Å². The van der Waals surface area contributed by atoms with Gasteiger partial charge in [0.15, 0.2) is 0 Å². The number of fused-ring (bicyclic) bond motifs is 1. The fourth-order valence-corrected chi connectivity index (χ4v) is 2.84. The number of piperazine rings is 1. The molecule has 122 valence electrons. The van der Waals surface area contributed by atoms with E-state index in [-0.39, 0.29) is 6.03 Å². The maximum Gasteiger partial charge on any atom is 0.319 e. The average molecular weight is 313 g/mol. The molecule has 0 unspecified atom stereocenters. The highest BCUT2D eigenvalue weighted by atomic mass is 16.2. The van der Waals surface area contributed by atoms with Crippen molar-refractivity contribution >= 4 is 22.6 Å². The number of benzene rings is 1. The predicted molar refractivity (Wildman–Crippen MR) is 92.8 cm³/mol. The van der Waals surface area contributed by atoms with Crippen molar-refractivity contribution in [2.75, 3.05) is 44.6 Å². The van der Waals surface area contributed by atoms with E-state index < -0.39 is 0 Å². The molecule has 1 saturated heterocycles. The number of aromatic nitrogens is 1. The first-order valence-corrected chi connectivity index (χ1v) is 8.07. The molecule has 1 aromatic carbocycles. The Balaban J connectivity index is 1.57. The second kappa shape index (κ2) is 7.39. The van der Waals surface area contributed by atoms with E-state index in [0.717, 1.165) is 55.0 Å². The van der Waals surface area contributed by atoms with Crippen LogP contribution in [0.2, 0.25) is 0 Å². The smallest absolute Gasteiger partial charge is 0.319 e. The van der Waals surface area contributed by atoms with Crippen molar-refractivity contribution in [1.29, 1.82) is 0 Å². The van der Waals surface area contributed by atoms with Crippen LogP contribution in [0.1, 0.15) is 5.69 Å². The molecule has 0 bridgehead atoms. The Morgan fingerprint density at radius 1 is 1.30 bits per heavy atom. The van der Waals surface area contributed by atoms with Gasteiger partial charge in [0, 0.05) is 50.3 Å². The van der Waals surface area contributed by atoms with Crippen LogP contribution < -0.4 is 16.0 Å². The molecule has 6 nitrogen and oxygen atoms in total. The van der Waals surface area contributed by atoms with Gasteiger partial charge in [-0.2, -0.15) is 0 Å². The molecule has 1 aromatic heterocycles. The predicted octanol–water partition coefficient (Wildman–Crippen LogP) is 1.57. The number of aryl methyl sites for hydroxylation is 1. The Morgan fingerprint density at radius 2 is 2.09 bits per heavy atom. The third-order valence-corrected chi connectivity index (χ3v) is 4.02. The number of pyridine rings is 1. The minimum absolute atomic E-state index is 0.170. The highest BCUT2D eigenvalue weighted by molar-refractivity contribution is 6.00. The van der Waals surface area contributed by atoms with E-state index in [1.165, 1.54) is 0 Å². The van der Waals surface area contributed by atoms with Gasteiger partial charge >= 0.3 is 6.03 Å². The molecule has 0 spiro atoms. The lowest BCUT2D eigenvalue weighted by Gasteiger charge is -2.27. The van der Waals surface area contributed by atoms with Crippen molar-refractivity contribution in [3.8, 4) is 0 Å². The molecule has 3 rings (SSSR count). The second-order valence-electron chi connectivity index (χ2n) is 5.80. The number of rotatable bonds is 4. The first-order chi connectivity index (χ1) is 11.2. The molecule has 2 heterocycles. The van der Waals surface area contributed by atoms with Crippen LogP contribution in [0, 0.1) is 6.92 Å². The lowest BCUT2D eigenvalue weighted by atomic mass is 10.1. The van der Waals surface area contributed by atoms with Crippen molar-refractivity contribution in [2.24, 2.45) is 0 Å². The molecule has 1 fully saturated rings. The SMILES string of the molecule is Cc1cc(NC(=O)NCCN2CCNCC2)c2ccccc2n1. The Labute approximate surface area is 136 Å². The fourth-order valence-electron chi connectivity index (χ4n) is 2.84. The standard InChI is InChI=1S/C17H23N5O/c1-13-12-16(14-4-2-3-5-15(14)20-13)21-17(23)19-8-11-22-9-6-18-7-10-22/h2-5,12,18H,6-11H2,1H3,(H2,19,20,21,23). The van der Waals surface area contributed by atoms with E-state index in [9.17, 15) is 4.79 Å². The van der Waals surface area contributed by atoms with Crippen molar-refractivity contribution in [1.82, 2.24) is 20.5 Å². The summed E-state index contributed by atoms with van der Waals surface area (Å²) in [4.78, 5) is 19.0. The number of carbonyl (C=O) groups excluding carboxylic acids is 1. The van der Waals surface area contributed by atoms with Gasteiger partial charge in [0.05, 0.1) is 11.2 Å². The van der Waals surface area contributed by atoms with Gasteiger partial charge in [-0.05, 0) is 19.1 Å². The third-order valence-electron chi connectivity index (χ3n) is 4.02. The number of amides is 2. The average Bonchev–Trinajstić information content (AvgIpc) is 2.55. The summed E-state index contributed by atoms with van der Waals surface area (Å²) in [5, 5.41) is 10.1. The van der Waals surface area contributed by atoms with Gasteiger partial charge in [-0.25, -0.2) is 4.79 Å². The molecule has 0 radical (unpaired) electrons. The van der Waals surface area contributed by atoms with Gasteiger partial charge in [-0.3, -0.25) is 9.88 Å². The summed E-state index contributed by atoms with van der Waals surface area (Å²) in [7, 11) is 0. The van der Waals surface area contributed by atoms with E-state index in [0.29, 0.717) is 6.54 Å². The summed E-state index contributed by atoms with van der Waals surface area (Å²) in [6, 6.07) is 9.56. The second-order valence-corrected chi connectivity index (χ2v) is 5.80. The quantitative estimate of drug-likeness (QED) is 0.801. The van der Waals surface area contributed by atoms with Gasteiger partial charge in [-0.15, -0.1) is 0 Å². The molecule has 0 saturated carbocycles. The molecule has 2 amide bonds. The van der Waals surface area contributed by atoms with Gasteiger partial charge in [0.2, 0.25) is 0 Å². The van der Waals surface area contributed by atoms with Crippen molar-refractivity contribution in [2.45, 2.75) is 6.92 Å². The molecular formula is C17H23N5O. The summed E-state index contributed by atoms with van der Waals surface area (Å²) in [6.07, 6.45) is 0. The van der Waals surface area contributed by atoms with Crippen molar-refractivity contribution in [3.63, 3.8) is 0 Å². The van der Waals surface area contributed by atoms with Gasteiger partial charge in [-0.1, -0.05) is 18.2 Å². The molecule has 2 aromatic rings. The topological polar surface area (TPSA) is 69.3 Å². The Kier molecular flexibility index (Phi) is 5.05. The van der Waals surface area contributed by atoms with E-state index in [4.69, 9.17) is 0 Å². The van der Waals surface area contributed by atoms with E-state index in [1.54, 1.807) is 0 Å². The minimum atomic E-state index is -0.170. The largest absolute Gasteiger partial charge is 0.337 e. The lowest BCUT2D eigenvalue weighted by Crippen LogP contribution is -2.46. The molecule has 23 heavy (non-hydrogen) atoms. The van der Waals surface area contributed by atoms with Crippen LogP contribution in [-0.2, 0) is 0 Å². The Bertz CT molecular complexity index is 682. The number of nitrogens with zero attached hydrogens (tertiary/aromatic N) is 2. The number of hydrogen-bond donors (Lipinski definition) is 3. The highest BCUT2D eigenvalue weighted by Gasteiger charge is 2.10. The number of hydrogen-bond acceptors (Lipinski definition) is 4. The first kappa shape index (κ1) is 15.7.